The largest absolute Gasteiger partial charge is 0.373 e. The molecule has 0 unspecified atom stereocenters. The fourth-order valence-corrected chi connectivity index (χ4v) is 4.40. The minimum absolute atomic E-state index is 0.114. The molecule has 0 saturated carbocycles. The second kappa shape index (κ2) is 7.05. The van der Waals surface area contributed by atoms with E-state index in [2.05, 4.69) is 28.1 Å². The Morgan fingerprint density at radius 2 is 2.04 bits per heavy atom. The lowest BCUT2D eigenvalue weighted by molar-refractivity contribution is -0.135. The molecule has 0 N–H and O–H groups in total. The Kier molecular flexibility index (Phi) is 4.80. The molecule has 1 aromatic heterocycles. The van der Waals surface area contributed by atoms with Crippen molar-refractivity contribution in [1.82, 2.24) is 24.5 Å². The van der Waals surface area contributed by atoms with Crippen LogP contribution in [0.3, 0.4) is 0 Å². The smallest absolute Gasteiger partial charge is 0.225 e. The summed E-state index contributed by atoms with van der Waals surface area (Å²) in [6, 6.07) is 0. The van der Waals surface area contributed by atoms with E-state index < -0.39 is 0 Å². The van der Waals surface area contributed by atoms with Crippen LogP contribution in [0.2, 0.25) is 0 Å². The summed E-state index contributed by atoms with van der Waals surface area (Å²) in [6.45, 7) is 6.64. The summed E-state index contributed by atoms with van der Waals surface area (Å²) in [5, 5.41) is 4.24. The van der Waals surface area contributed by atoms with Crippen LogP contribution < -0.4 is 0 Å². The van der Waals surface area contributed by atoms with E-state index in [1.54, 1.807) is 0 Å². The maximum absolute atomic E-state index is 12.5. The second-order valence-electron chi connectivity index (χ2n) is 7.90. The number of piperazine rings is 1. The quantitative estimate of drug-likeness (QED) is 0.777. The highest BCUT2D eigenvalue weighted by atomic mass is 16.5. The van der Waals surface area contributed by atoms with Crippen LogP contribution in [-0.4, -0.2) is 88.9 Å². The van der Waals surface area contributed by atoms with Crippen molar-refractivity contribution in [2.24, 2.45) is 13.0 Å². The van der Waals surface area contributed by atoms with E-state index >= 15 is 0 Å². The monoisotopic (exact) mass is 347 g/mol. The number of ether oxygens (including phenoxy) is 1. The van der Waals surface area contributed by atoms with Crippen LogP contribution in [0.15, 0.2) is 12.4 Å². The molecule has 3 aliphatic heterocycles. The van der Waals surface area contributed by atoms with Crippen molar-refractivity contribution in [2.75, 3.05) is 46.3 Å². The first-order valence-corrected chi connectivity index (χ1v) is 9.38. The topological polar surface area (TPSA) is 53.8 Å². The molecule has 7 heteroatoms. The number of likely N-dealkylation sites (N-methyl/N-ethyl adjacent to an activating group) is 1. The summed E-state index contributed by atoms with van der Waals surface area (Å²) in [7, 11) is 4.06. The fraction of sp³-hybridized carbons (Fsp3) is 0.778. The van der Waals surface area contributed by atoms with Gasteiger partial charge in [0.2, 0.25) is 5.91 Å². The highest BCUT2D eigenvalue weighted by Gasteiger charge is 2.42. The summed E-state index contributed by atoms with van der Waals surface area (Å²) in [4.78, 5) is 19.2. The highest BCUT2D eigenvalue weighted by Crippen LogP contribution is 2.35. The van der Waals surface area contributed by atoms with Crippen molar-refractivity contribution >= 4 is 5.91 Å². The number of nitrogens with zero attached hydrogens (tertiary/aromatic N) is 5. The van der Waals surface area contributed by atoms with Crippen molar-refractivity contribution in [2.45, 2.75) is 31.6 Å². The van der Waals surface area contributed by atoms with E-state index in [-0.39, 0.29) is 12.0 Å². The number of aromatic nitrogens is 2. The normalized spacial score (nSPS) is 30.8. The summed E-state index contributed by atoms with van der Waals surface area (Å²) >= 11 is 0. The Bertz CT molecular complexity index is 596. The molecule has 0 bridgehead atoms. The van der Waals surface area contributed by atoms with E-state index in [9.17, 15) is 4.79 Å². The van der Waals surface area contributed by atoms with E-state index in [1.165, 1.54) is 5.56 Å². The number of amides is 1. The summed E-state index contributed by atoms with van der Waals surface area (Å²) in [5.41, 5.74) is 1.25. The third-order valence-corrected chi connectivity index (χ3v) is 5.81. The molecule has 0 aliphatic carbocycles. The number of likely N-dealkylation sites (tertiary alicyclic amines) is 1. The zero-order valence-electron chi connectivity index (χ0n) is 15.3. The van der Waals surface area contributed by atoms with Gasteiger partial charge in [0.25, 0.3) is 0 Å². The van der Waals surface area contributed by atoms with Gasteiger partial charge in [0.1, 0.15) is 0 Å². The lowest BCUT2D eigenvalue weighted by Gasteiger charge is -2.33. The van der Waals surface area contributed by atoms with Crippen LogP contribution in [0.4, 0.5) is 0 Å². The van der Waals surface area contributed by atoms with Gasteiger partial charge in [-0.15, -0.1) is 0 Å². The molecule has 3 atom stereocenters. The predicted octanol–water partition coefficient (Wildman–Crippen LogP) is 0.174. The number of carbonyl (C=O) groups is 1. The Morgan fingerprint density at radius 3 is 2.72 bits per heavy atom. The molecule has 25 heavy (non-hydrogen) atoms. The molecule has 3 aliphatic rings. The number of rotatable bonds is 4. The molecular weight excluding hydrogens is 318 g/mol. The van der Waals surface area contributed by atoms with Gasteiger partial charge < -0.3 is 14.5 Å². The third-order valence-electron chi connectivity index (χ3n) is 5.81. The van der Waals surface area contributed by atoms with Crippen molar-refractivity contribution in [3.05, 3.63) is 18.0 Å². The van der Waals surface area contributed by atoms with Gasteiger partial charge in [-0.3, -0.25) is 14.4 Å². The van der Waals surface area contributed by atoms with Crippen LogP contribution in [0.5, 0.6) is 0 Å². The molecule has 3 fully saturated rings. The van der Waals surface area contributed by atoms with E-state index in [1.807, 2.05) is 22.8 Å². The van der Waals surface area contributed by atoms with Gasteiger partial charge in [-0.2, -0.15) is 5.10 Å². The highest BCUT2D eigenvalue weighted by molar-refractivity contribution is 5.76. The standard InChI is InChI=1S/C18H29N5O2/c1-20-3-5-23(6-4-20)18(24)8-16-7-15-12-22(13-17(15)25-16)11-14-9-19-21(2)10-14/h9-10,15-17H,3-8,11-13H2,1-2H3/t15-,16-,17+/m0/s1. The van der Waals surface area contributed by atoms with Gasteiger partial charge in [0, 0.05) is 70.5 Å². The van der Waals surface area contributed by atoms with Gasteiger partial charge in [-0.25, -0.2) is 0 Å². The molecule has 1 amide bonds. The van der Waals surface area contributed by atoms with Gasteiger partial charge >= 0.3 is 0 Å². The second-order valence-corrected chi connectivity index (χ2v) is 7.90. The zero-order valence-corrected chi connectivity index (χ0v) is 15.3. The van der Waals surface area contributed by atoms with Crippen LogP contribution in [0.25, 0.3) is 0 Å². The SMILES string of the molecule is CN1CCN(C(=O)C[C@@H]2C[C@H]3CN(Cc4cnn(C)c4)C[C@H]3O2)CC1. The molecule has 0 radical (unpaired) electrons. The summed E-state index contributed by atoms with van der Waals surface area (Å²) in [6.07, 6.45) is 6.00. The Morgan fingerprint density at radius 1 is 1.24 bits per heavy atom. The van der Waals surface area contributed by atoms with E-state index in [0.29, 0.717) is 18.4 Å². The van der Waals surface area contributed by atoms with Crippen molar-refractivity contribution in [3.63, 3.8) is 0 Å². The Labute approximate surface area is 149 Å². The van der Waals surface area contributed by atoms with Crippen LogP contribution >= 0.6 is 0 Å². The number of fused-ring (bicyclic) bond motifs is 1. The van der Waals surface area contributed by atoms with Gasteiger partial charge in [0.15, 0.2) is 0 Å². The van der Waals surface area contributed by atoms with Gasteiger partial charge in [-0.1, -0.05) is 0 Å². The van der Waals surface area contributed by atoms with Gasteiger partial charge in [-0.05, 0) is 13.5 Å². The molecule has 7 nitrogen and oxygen atoms in total. The lowest BCUT2D eigenvalue weighted by Crippen LogP contribution is -2.47. The van der Waals surface area contributed by atoms with Gasteiger partial charge in [0.05, 0.1) is 24.8 Å². The Hall–Kier alpha value is -1.44. The molecule has 0 spiro atoms. The van der Waals surface area contributed by atoms with Crippen LogP contribution in [-0.2, 0) is 23.1 Å². The average molecular weight is 347 g/mol. The minimum Gasteiger partial charge on any atom is -0.373 e. The van der Waals surface area contributed by atoms with Crippen molar-refractivity contribution in [3.8, 4) is 0 Å². The summed E-state index contributed by atoms with van der Waals surface area (Å²) in [5.74, 6) is 0.840. The number of carbonyl (C=O) groups excluding carboxylic acids is 1. The first-order valence-electron chi connectivity index (χ1n) is 9.38. The molecule has 138 valence electrons. The minimum atomic E-state index is 0.114. The van der Waals surface area contributed by atoms with Crippen molar-refractivity contribution < 1.29 is 9.53 Å². The number of hydrogen-bond donors (Lipinski definition) is 0. The lowest BCUT2D eigenvalue weighted by atomic mass is 10.0. The molecule has 4 rings (SSSR count). The molecule has 4 heterocycles. The zero-order chi connectivity index (χ0) is 17.4. The summed E-state index contributed by atoms with van der Waals surface area (Å²) < 4.78 is 8.07. The molecule has 0 aromatic carbocycles. The van der Waals surface area contributed by atoms with Crippen LogP contribution in [0, 0.1) is 5.92 Å². The first kappa shape index (κ1) is 17.0. The molecular formula is C18H29N5O2. The van der Waals surface area contributed by atoms with E-state index in [0.717, 1.165) is 52.2 Å². The molecule has 1 aromatic rings. The number of aryl methyl sites for hydroxylation is 1. The Balaban J connectivity index is 1.23. The maximum atomic E-state index is 12.5. The van der Waals surface area contributed by atoms with Crippen LogP contribution in [0.1, 0.15) is 18.4 Å². The first-order chi connectivity index (χ1) is 12.1. The fourth-order valence-electron chi connectivity index (χ4n) is 4.40. The molecule has 3 saturated heterocycles. The average Bonchev–Trinajstić information content (AvgIpc) is 3.23. The predicted molar refractivity (Wildman–Crippen MR) is 93.9 cm³/mol. The third kappa shape index (κ3) is 3.88. The van der Waals surface area contributed by atoms with Crippen molar-refractivity contribution in [1.29, 1.82) is 0 Å². The van der Waals surface area contributed by atoms with E-state index in [4.69, 9.17) is 4.74 Å². The maximum Gasteiger partial charge on any atom is 0.225 e. The number of hydrogen-bond acceptors (Lipinski definition) is 5.